The van der Waals surface area contributed by atoms with Gasteiger partial charge in [-0.15, -0.1) is 0 Å². The lowest BCUT2D eigenvalue weighted by atomic mass is 9.80. The van der Waals surface area contributed by atoms with E-state index in [2.05, 4.69) is 25.7 Å². The Morgan fingerprint density at radius 3 is 2.43 bits per heavy atom. The average Bonchev–Trinajstić information content (AvgIpc) is 2.96. The second-order valence-corrected chi connectivity index (χ2v) is 7.96. The fraction of sp³-hybridized carbons (Fsp3) is 1.00. The van der Waals surface area contributed by atoms with Crippen LogP contribution in [0.4, 0.5) is 0 Å². The van der Waals surface area contributed by atoms with Gasteiger partial charge in [-0.05, 0) is 56.9 Å². The molecule has 0 radical (unpaired) electrons. The molecule has 0 spiro atoms. The van der Waals surface area contributed by atoms with Gasteiger partial charge in [0.1, 0.15) is 0 Å². The molecule has 2 rings (SSSR count). The summed E-state index contributed by atoms with van der Waals surface area (Å²) in [6, 6.07) is 1.20. The lowest BCUT2D eigenvalue weighted by Crippen LogP contribution is -2.51. The van der Waals surface area contributed by atoms with Crippen LogP contribution in [0.3, 0.4) is 0 Å². The van der Waals surface area contributed by atoms with E-state index in [0.717, 1.165) is 24.3 Å². The third-order valence-corrected chi connectivity index (χ3v) is 5.77. The van der Waals surface area contributed by atoms with Crippen molar-refractivity contribution in [2.75, 3.05) is 6.54 Å². The minimum atomic E-state index is -0.0779. The predicted molar refractivity (Wildman–Crippen MR) is 90.5 cm³/mol. The second kappa shape index (κ2) is 8.53. The maximum absolute atomic E-state index is 10.6. The Morgan fingerprint density at radius 2 is 1.81 bits per heavy atom. The zero-order chi connectivity index (χ0) is 15.2. The van der Waals surface area contributed by atoms with Gasteiger partial charge in [0.2, 0.25) is 0 Å². The number of nitrogens with zero attached hydrogens (tertiary/aromatic N) is 1. The first-order valence-electron chi connectivity index (χ1n) is 9.55. The Labute approximate surface area is 132 Å². The largest absolute Gasteiger partial charge is 0.391 e. The first-order valence-corrected chi connectivity index (χ1v) is 9.55. The number of aliphatic hydroxyl groups is 1. The molecule has 2 fully saturated rings. The zero-order valence-electron chi connectivity index (χ0n) is 14.6. The summed E-state index contributed by atoms with van der Waals surface area (Å²) in [4.78, 5) is 2.74. The molecule has 0 amide bonds. The van der Waals surface area contributed by atoms with E-state index in [-0.39, 0.29) is 6.10 Å². The topological polar surface area (TPSA) is 23.5 Å². The molecule has 3 unspecified atom stereocenters. The van der Waals surface area contributed by atoms with Crippen molar-refractivity contribution < 1.29 is 5.11 Å². The normalized spacial score (nSPS) is 31.4. The third-order valence-electron chi connectivity index (χ3n) is 5.77. The molecular formula is C19H37NO. The highest BCUT2D eigenvalue weighted by molar-refractivity contribution is 4.91. The van der Waals surface area contributed by atoms with E-state index >= 15 is 0 Å². The SMILES string of the molecule is CCCC1CCC(O)C(N(CCC(C)C)C2CCCC2)C1. The van der Waals surface area contributed by atoms with Crippen molar-refractivity contribution >= 4 is 0 Å². The summed E-state index contributed by atoms with van der Waals surface area (Å²) in [6.07, 6.45) is 12.9. The Balaban J connectivity index is 2.01. The first-order chi connectivity index (χ1) is 10.1. The highest BCUT2D eigenvalue weighted by Gasteiger charge is 2.36. The van der Waals surface area contributed by atoms with E-state index in [1.807, 2.05) is 0 Å². The van der Waals surface area contributed by atoms with Gasteiger partial charge in [-0.25, -0.2) is 0 Å². The number of aliphatic hydroxyl groups excluding tert-OH is 1. The Morgan fingerprint density at radius 1 is 1.10 bits per heavy atom. The quantitative estimate of drug-likeness (QED) is 0.741. The maximum atomic E-state index is 10.6. The van der Waals surface area contributed by atoms with Crippen molar-refractivity contribution in [1.82, 2.24) is 4.90 Å². The van der Waals surface area contributed by atoms with Crippen LogP contribution in [-0.4, -0.2) is 34.7 Å². The number of hydrogen-bond donors (Lipinski definition) is 1. The lowest BCUT2D eigenvalue weighted by molar-refractivity contribution is -0.0187. The minimum Gasteiger partial charge on any atom is -0.391 e. The van der Waals surface area contributed by atoms with Gasteiger partial charge in [0.15, 0.2) is 0 Å². The van der Waals surface area contributed by atoms with Crippen molar-refractivity contribution in [1.29, 1.82) is 0 Å². The van der Waals surface area contributed by atoms with Crippen molar-refractivity contribution in [2.45, 2.75) is 103 Å². The third kappa shape index (κ3) is 4.96. The molecule has 0 aromatic rings. The molecule has 2 saturated carbocycles. The van der Waals surface area contributed by atoms with Crippen LogP contribution in [0.2, 0.25) is 0 Å². The average molecular weight is 296 g/mol. The maximum Gasteiger partial charge on any atom is 0.0695 e. The monoisotopic (exact) mass is 295 g/mol. The van der Waals surface area contributed by atoms with Gasteiger partial charge in [0.25, 0.3) is 0 Å². The van der Waals surface area contributed by atoms with Crippen molar-refractivity contribution in [3.63, 3.8) is 0 Å². The van der Waals surface area contributed by atoms with Crippen LogP contribution in [0.1, 0.15) is 85.0 Å². The Bertz CT molecular complexity index is 285. The first kappa shape index (κ1) is 17.3. The summed E-state index contributed by atoms with van der Waals surface area (Å²) in [6.45, 7) is 8.14. The molecular weight excluding hydrogens is 258 g/mol. The van der Waals surface area contributed by atoms with Crippen LogP contribution in [0.15, 0.2) is 0 Å². The van der Waals surface area contributed by atoms with Crippen molar-refractivity contribution in [3.8, 4) is 0 Å². The van der Waals surface area contributed by atoms with Gasteiger partial charge in [0.05, 0.1) is 6.10 Å². The van der Waals surface area contributed by atoms with Gasteiger partial charge in [-0.3, -0.25) is 4.90 Å². The van der Waals surface area contributed by atoms with Crippen LogP contribution < -0.4 is 0 Å². The van der Waals surface area contributed by atoms with Gasteiger partial charge in [-0.2, -0.15) is 0 Å². The molecule has 2 nitrogen and oxygen atoms in total. The fourth-order valence-corrected chi connectivity index (χ4v) is 4.50. The second-order valence-electron chi connectivity index (χ2n) is 7.96. The number of hydrogen-bond acceptors (Lipinski definition) is 2. The molecule has 21 heavy (non-hydrogen) atoms. The molecule has 0 aliphatic heterocycles. The fourth-order valence-electron chi connectivity index (χ4n) is 4.50. The van der Waals surface area contributed by atoms with E-state index in [1.54, 1.807) is 0 Å². The summed E-state index contributed by atoms with van der Waals surface area (Å²) < 4.78 is 0. The summed E-state index contributed by atoms with van der Waals surface area (Å²) in [5, 5.41) is 10.6. The Kier molecular flexibility index (Phi) is 7.01. The van der Waals surface area contributed by atoms with Gasteiger partial charge in [-0.1, -0.05) is 46.5 Å². The van der Waals surface area contributed by atoms with Crippen LogP contribution in [0, 0.1) is 11.8 Å². The highest BCUT2D eigenvalue weighted by atomic mass is 16.3. The van der Waals surface area contributed by atoms with E-state index in [9.17, 15) is 5.11 Å². The van der Waals surface area contributed by atoms with Gasteiger partial charge >= 0.3 is 0 Å². The predicted octanol–water partition coefficient (Wildman–Crippen LogP) is 4.61. The molecule has 2 aliphatic rings. The molecule has 2 heteroatoms. The molecule has 0 aromatic carbocycles. The molecule has 1 N–H and O–H groups in total. The zero-order valence-corrected chi connectivity index (χ0v) is 14.6. The van der Waals surface area contributed by atoms with Crippen molar-refractivity contribution in [3.05, 3.63) is 0 Å². The van der Waals surface area contributed by atoms with E-state index < -0.39 is 0 Å². The van der Waals surface area contributed by atoms with E-state index in [4.69, 9.17) is 0 Å². The van der Waals surface area contributed by atoms with Crippen LogP contribution >= 0.6 is 0 Å². The Hall–Kier alpha value is -0.0800. The molecule has 124 valence electrons. The lowest BCUT2D eigenvalue weighted by Gasteiger charge is -2.44. The smallest absolute Gasteiger partial charge is 0.0695 e. The minimum absolute atomic E-state index is 0.0779. The van der Waals surface area contributed by atoms with Gasteiger partial charge in [0, 0.05) is 12.1 Å². The molecule has 3 atom stereocenters. The van der Waals surface area contributed by atoms with Crippen LogP contribution in [0.5, 0.6) is 0 Å². The van der Waals surface area contributed by atoms with Crippen LogP contribution in [0.25, 0.3) is 0 Å². The number of rotatable bonds is 7. The van der Waals surface area contributed by atoms with Crippen LogP contribution in [-0.2, 0) is 0 Å². The van der Waals surface area contributed by atoms with Crippen molar-refractivity contribution in [2.24, 2.45) is 11.8 Å². The standard InChI is InChI=1S/C19H37NO/c1-4-7-16-10-11-19(21)18(14-16)20(13-12-15(2)3)17-8-5-6-9-17/h15-19,21H,4-14H2,1-3H3. The highest BCUT2D eigenvalue weighted by Crippen LogP contribution is 2.35. The molecule has 2 aliphatic carbocycles. The summed E-state index contributed by atoms with van der Waals surface area (Å²) in [5.41, 5.74) is 0. The summed E-state index contributed by atoms with van der Waals surface area (Å²) in [5.74, 6) is 1.62. The van der Waals surface area contributed by atoms with Gasteiger partial charge < -0.3 is 5.11 Å². The molecule has 0 saturated heterocycles. The molecule has 0 heterocycles. The van der Waals surface area contributed by atoms with E-state index in [0.29, 0.717) is 6.04 Å². The summed E-state index contributed by atoms with van der Waals surface area (Å²) in [7, 11) is 0. The van der Waals surface area contributed by atoms with E-state index in [1.165, 1.54) is 64.3 Å². The molecule has 0 aromatic heterocycles. The summed E-state index contributed by atoms with van der Waals surface area (Å²) >= 11 is 0. The molecule has 0 bridgehead atoms.